The zero-order valence-corrected chi connectivity index (χ0v) is 10.4. The van der Waals surface area contributed by atoms with Crippen LogP contribution >= 0.6 is 11.6 Å². The zero-order valence-electron chi connectivity index (χ0n) is 9.67. The second-order valence-electron chi connectivity index (χ2n) is 3.85. The van der Waals surface area contributed by atoms with Crippen LogP contribution in [0, 0.1) is 6.92 Å². The molecule has 88 valence electrons. The Kier molecular flexibility index (Phi) is 4.19. The van der Waals surface area contributed by atoms with Gasteiger partial charge in [-0.25, -0.2) is 0 Å². The summed E-state index contributed by atoms with van der Waals surface area (Å²) in [6.07, 6.45) is 0.701. The van der Waals surface area contributed by atoms with E-state index in [4.69, 9.17) is 11.6 Å². The molecule has 0 fully saturated rings. The molecule has 0 aliphatic carbocycles. The molecule has 1 aromatic rings. The van der Waals surface area contributed by atoms with Crippen molar-refractivity contribution in [1.82, 2.24) is 5.32 Å². The van der Waals surface area contributed by atoms with Crippen LogP contribution in [0.15, 0.2) is 12.1 Å². The van der Waals surface area contributed by atoms with E-state index in [0.717, 1.165) is 5.56 Å². The molecule has 0 heterocycles. The SMILES string of the molecule is CCC(NC(C)=O)c1cc(C)cc(Cl)c1O. The summed E-state index contributed by atoms with van der Waals surface area (Å²) in [6, 6.07) is 3.33. The first-order valence-electron chi connectivity index (χ1n) is 5.21. The van der Waals surface area contributed by atoms with Gasteiger partial charge >= 0.3 is 0 Å². The van der Waals surface area contributed by atoms with Gasteiger partial charge in [0.1, 0.15) is 5.75 Å². The van der Waals surface area contributed by atoms with Crippen LogP contribution in [0.3, 0.4) is 0 Å². The maximum Gasteiger partial charge on any atom is 0.217 e. The number of carbonyl (C=O) groups is 1. The second-order valence-corrected chi connectivity index (χ2v) is 4.25. The lowest BCUT2D eigenvalue weighted by atomic mass is 10.0. The summed E-state index contributed by atoms with van der Waals surface area (Å²) in [5.41, 5.74) is 1.63. The van der Waals surface area contributed by atoms with Crippen molar-refractivity contribution in [2.24, 2.45) is 0 Å². The van der Waals surface area contributed by atoms with E-state index in [0.29, 0.717) is 17.0 Å². The van der Waals surface area contributed by atoms with Crippen LogP contribution in [0.1, 0.15) is 37.4 Å². The number of rotatable bonds is 3. The van der Waals surface area contributed by atoms with Crippen LogP contribution in [-0.2, 0) is 4.79 Å². The standard InChI is InChI=1S/C12H16ClNO2/c1-4-11(14-8(3)15)9-5-7(2)6-10(13)12(9)16/h5-6,11,16H,4H2,1-3H3,(H,14,15). The molecular weight excluding hydrogens is 226 g/mol. The van der Waals surface area contributed by atoms with Crippen LogP contribution in [0.25, 0.3) is 0 Å². The van der Waals surface area contributed by atoms with Gasteiger partial charge in [-0.2, -0.15) is 0 Å². The first-order valence-corrected chi connectivity index (χ1v) is 5.59. The third-order valence-electron chi connectivity index (χ3n) is 2.40. The summed E-state index contributed by atoms with van der Waals surface area (Å²) in [5.74, 6) is -0.0725. The third kappa shape index (κ3) is 2.89. The van der Waals surface area contributed by atoms with Crippen molar-refractivity contribution in [2.75, 3.05) is 0 Å². The smallest absolute Gasteiger partial charge is 0.217 e. The van der Waals surface area contributed by atoms with Gasteiger partial charge in [-0.1, -0.05) is 24.6 Å². The molecule has 1 unspecified atom stereocenters. The normalized spacial score (nSPS) is 12.2. The molecule has 1 atom stereocenters. The molecular formula is C12H16ClNO2. The lowest BCUT2D eigenvalue weighted by Crippen LogP contribution is -2.25. The highest BCUT2D eigenvalue weighted by molar-refractivity contribution is 6.32. The lowest BCUT2D eigenvalue weighted by Gasteiger charge is -2.18. The monoisotopic (exact) mass is 241 g/mol. The Morgan fingerprint density at radius 3 is 2.69 bits per heavy atom. The number of carbonyl (C=O) groups excluding carboxylic acids is 1. The number of nitrogens with one attached hydrogen (secondary N) is 1. The van der Waals surface area contributed by atoms with Gasteiger partial charge < -0.3 is 10.4 Å². The Hall–Kier alpha value is -1.22. The summed E-state index contributed by atoms with van der Waals surface area (Å²) in [4.78, 5) is 11.0. The minimum atomic E-state index is -0.199. The van der Waals surface area contributed by atoms with Gasteiger partial charge in [0.2, 0.25) is 5.91 Å². The van der Waals surface area contributed by atoms with E-state index >= 15 is 0 Å². The first kappa shape index (κ1) is 12.8. The highest BCUT2D eigenvalue weighted by Crippen LogP contribution is 2.34. The van der Waals surface area contributed by atoms with Crippen LogP contribution in [0.2, 0.25) is 5.02 Å². The lowest BCUT2D eigenvalue weighted by molar-refractivity contribution is -0.119. The minimum absolute atomic E-state index is 0.0490. The molecule has 1 rings (SSSR count). The molecule has 3 nitrogen and oxygen atoms in total. The first-order chi connectivity index (χ1) is 7.45. The maximum absolute atomic E-state index is 11.0. The number of phenols is 1. The average molecular weight is 242 g/mol. The molecule has 0 saturated heterocycles. The molecule has 0 aromatic heterocycles. The quantitative estimate of drug-likeness (QED) is 0.855. The molecule has 2 N–H and O–H groups in total. The number of hydrogen-bond acceptors (Lipinski definition) is 2. The van der Waals surface area contributed by atoms with Gasteiger partial charge in [0.25, 0.3) is 0 Å². The fraction of sp³-hybridized carbons (Fsp3) is 0.417. The summed E-state index contributed by atoms with van der Waals surface area (Å²) in [6.45, 7) is 5.29. The predicted molar refractivity (Wildman–Crippen MR) is 64.7 cm³/mol. The van der Waals surface area contributed by atoms with Crippen LogP contribution in [0.5, 0.6) is 5.75 Å². The molecule has 0 spiro atoms. The fourth-order valence-electron chi connectivity index (χ4n) is 1.67. The Morgan fingerprint density at radius 2 is 2.19 bits per heavy atom. The van der Waals surface area contributed by atoms with Crippen molar-refractivity contribution in [3.05, 3.63) is 28.3 Å². The molecule has 16 heavy (non-hydrogen) atoms. The number of hydrogen-bond donors (Lipinski definition) is 2. The number of aromatic hydroxyl groups is 1. The van der Waals surface area contributed by atoms with E-state index in [1.807, 2.05) is 19.9 Å². The Labute approximate surface area is 100 Å². The van der Waals surface area contributed by atoms with Gasteiger partial charge in [0.05, 0.1) is 11.1 Å². The molecule has 1 aromatic carbocycles. The molecule has 0 saturated carbocycles. The van der Waals surface area contributed by atoms with Crippen molar-refractivity contribution in [3.63, 3.8) is 0 Å². The maximum atomic E-state index is 11.0. The van der Waals surface area contributed by atoms with Gasteiger partial charge in [0.15, 0.2) is 0 Å². The number of aryl methyl sites for hydroxylation is 1. The van der Waals surface area contributed by atoms with Crippen molar-refractivity contribution >= 4 is 17.5 Å². The second kappa shape index (κ2) is 5.21. The summed E-state index contributed by atoms with van der Waals surface area (Å²) in [5, 5.41) is 13.0. The van der Waals surface area contributed by atoms with Crippen molar-refractivity contribution < 1.29 is 9.90 Å². The number of halogens is 1. The number of benzene rings is 1. The summed E-state index contributed by atoms with van der Waals surface area (Å²) >= 11 is 5.89. The Bertz CT molecular complexity index is 404. The van der Waals surface area contributed by atoms with E-state index in [9.17, 15) is 9.90 Å². The highest BCUT2D eigenvalue weighted by Gasteiger charge is 2.16. The summed E-state index contributed by atoms with van der Waals surface area (Å²) in [7, 11) is 0. The third-order valence-corrected chi connectivity index (χ3v) is 2.69. The van der Waals surface area contributed by atoms with E-state index in [1.54, 1.807) is 6.07 Å². The Morgan fingerprint density at radius 1 is 1.56 bits per heavy atom. The predicted octanol–water partition coefficient (Wildman–Crippen LogP) is 2.94. The van der Waals surface area contributed by atoms with Crippen LogP contribution in [0.4, 0.5) is 0 Å². The topological polar surface area (TPSA) is 49.3 Å². The minimum Gasteiger partial charge on any atom is -0.506 e. The van der Waals surface area contributed by atoms with Crippen LogP contribution in [-0.4, -0.2) is 11.0 Å². The fourth-order valence-corrected chi connectivity index (χ4v) is 1.95. The van der Waals surface area contributed by atoms with Crippen molar-refractivity contribution in [3.8, 4) is 5.75 Å². The molecule has 0 bridgehead atoms. The zero-order chi connectivity index (χ0) is 12.3. The average Bonchev–Trinajstić information content (AvgIpc) is 2.20. The van der Waals surface area contributed by atoms with E-state index in [2.05, 4.69) is 5.32 Å². The molecule has 4 heteroatoms. The van der Waals surface area contributed by atoms with Gasteiger partial charge in [-0.3, -0.25) is 4.79 Å². The van der Waals surface area contributed by atoms with E-state index in [-0.39, 0.29) is 17.7 Å². The van der Waals surface area contributed by atoms with Gasteiger partial charge in [0, 0.05) is 12.5 Å². The molecule has 0 aliphatic heterocycles. The highest BCUT2D eigenvalue weighted by atomic mass is 35.5. The van der Waals surface area contributed by atoms with Crippen LogP contribution < -0.4 is 5.32 Å². The molecule has 0 aliphatic rings. The molecule has 1 amide bonds. The Balaban J connectivity index is 3.13. The van der Waals surface area contributed by atoms with Gasteiger partial charge in [-0.05, 0) is 25.0 Å². The number of amides is 1. The van der Waals surface area contributed by atoms with Gasteiger partial charge in [-0.15, -0.1) is 0 Å². The molecule has 0 radical (unpaired) electrons. The van der Waals surface area contributed by atoms with E-state index in [1.165, 1.54) is 6.92 Å². The largest absolute Gasteiger partial charge is 0.506 e. The van der Waals surface area contributed by atoms with Crippen molar-refractivity contribution in [2.45, 2.75) is 33.2 Å². The summed E-state index contributed by atoms with van der Waals surface area (Å²) < 4.78 is 0. The van der Waals surface area contributed by atoms with E-state index < -0.39 is 0 Å². The number of phenolic OH excluding ortho intramolecular Hbond substituents is 1. The van der Waals surface area contributed by atoms with Crippen molar-refractivity contribution in [1.29, 1.82) is 0 Å².